The molecular formula is C29H34N6O. The van der Waals surface area contributed by atoms with Crippen LogP contribution in [0.25, 0.3) is 11.0 Å². The second-order valence-corrected chi connectivity index (χ2v) is 10.1. The average Bonchev–Trinajstić information content (AvgIpc) is 3.23. The SMILES string of the molecule is O=c1[nH]c2cc(Nc3ccccc3)c(N3CCN(c4ccccn4)CC3)cc2n1CC1CCCCC1. The van der Waals surface area contributed by atoms with Crippen LogP contribution < -0.4 is 20.8 Å². The van der Waals surface area contributed by atoms with Crippen molar-refractivity contribution in [3.8, 4) is 0 Å². The maximum absolute atomic E-state index is 13.0. The van der Waals surface area contributed by atoms with Gasteiger partial charge in [0, 0.05) is 44.6 Å². The van der Waals surface area contributed by atoms with Crippen LogP contribution in [0.4, 0.5) is 22.9 Å². The van der Waals surface area contributed by atoms with E-state index in [1.54, 1.807) is 0 Å². The van der Waals surface area contributed by atoms with Crippen molar-refractivity contribution in [3.05, 3.63) is 77.3 Å². The first-order valence-corrected chi connectivity index (χ1v) is 13.2. The zero-order valence-electron chi connectivity index (χ0n) is 20.7. The molecule has 2 aromatic heterocycles. The first kappa shape index (κ1) is 22.7. The zero-order chi connectivity index (χ0) is 24.3. The van der Waals surface area contributed by atoms with Gasteiger partial charge in [0.2, 0.25) is 0 Å². The summed E-state index contributed by atoms with van der Waals surface area (Å²) in [5.41, 5.74) is 5.10. The summed E-state index contributed by atoms with van der Waals surface area (Å²) in [6.07, 6.45) is 8.17. The van der Waals surface area contributed by atoms with E-state index in [-0.39, 0.29) is 5.69 Å². The highest BCUT2D eigenvalue weighted by molar-refractivity contribution is 5.90. The molecule has 7 heteroatoms. The predicted octanol–water partition coefficient (Wildman–Crippen LogP) is 5.38. The standard InChI is InChI=1S/C29H34N6O/c36-29-32-25-19-24(31-23-11-5-2-6-12-23)26(20-27(25)35(29)21-22-9-3-1-4-10-22)33-15-17-34(18-16-33)28-13-7-8-14-30-28/h2,5-8,11-14,19-20,22,31H,1,3-4,9-10,15-18,21H2,(H,32,36). The molecule has 1 aliphatic carbocycles. The molecule has 0 atom stereocenters. The molecule has 0 spiro atoms. The average molecular weight is 483 g/mol. The Morgan fingerprint density at radius 3 is 2.39 bits per heavy atom. The van der Waals surface area contributed by atoms with E-state index in [1.165, 1.54) is 32.1 Å². The van der Waals surface area contributed by atoms with Gasteiger partial charge in [-0.3, -0.25) is 4.57 Å². The maximum atomic E-state index is 13.0. The van der Waals surface area contributed by atoms with Gasteiger partial charge in [-0.1, -0.05) is 43.5 Å². The lowest BCUT2D eigenvalue weighted by Gasteiger charge is -2.37. The number of hydrogen-bond acceptors (Lipinski definition) is 5. The number of nitrogens with zero attached hydrogens (tertiary/aromatic N) is 4. The van der Waals surface area contributed by atoms with Crippen molar-refractivity contribution in [2.45, 2.75) is 38.6 Å². The third kappa shape index (κ3) is 4.70. The van der Waals surface area contributed by atoms with Crippen LogP contribution in [0.15, 0.2) is 71.7 Å². The normalized spacial score (nSPS) is 17.0. The van der Waals surface area contributed by atoms with Crippen molar-refractivity contribution >= 4 is 33.9 Å². The molecular weight excluding hydrogens is 448 g/mol. The number of imidazole rings is 1. The lowest BCUT2D eigenvalue weighted by molar-refractivity contribution is 0.319. The third-order valence-corrected chi connectivity index (χ3v) is 7.70. The van der Waals surface area contributed by atoms with Gasteiger partial charge in [0.1, 0.15) is 5.82 Å². The van der Waals surface area contributed by atoms with E-state index in [0.29, 0.717) is 5.92 Å². The van der Waals surface area contributed by atoms with Gasteiger partial charge in [-0.25, -0.2) is 9.78 Å². The minimum atomic E-state index is -0.00152. The van der Waals surface area contributed by atoms with Crippen LogP contribution in [0.1, 0.15) is 32.1 Å². The number of fused-ring (bicyclic) bond motifs is 1. The first-order valence-electron chi connectivity index (χ1n) is 13.2. The zero-order valence-corrected chi connectivity index (χ0v) is 20.7. The Balaban J connectivity index is 1.34. The lowest BCUT2D eigenvalue weighted by atomic mass is 9.89. The van der Waals surface area contributed by atoms with Gasteiger partial charge >= 0.3 is 5.69 Å². The second kappa shape index (κ2) is 10.1. The molecule has 2 fully saturated rings. The Bertz CT molecular complexity index is 1350. The van der Waals surface area contributed by atoms with E-state index in [9.17, 15) is 4.79 Å². The molecule has 2 aromatic carbocycles. The molecule has 7 nitrogen and oxygen atoms in total. The summed E-state index contributed by atoms with van der Waals surface area (Å²) in [4.78, 5) is 25.5. The van der Waals surface area contributed by atoms with Gasteiger partial charge in [0.25, 0.3) is 0 Å². The van der Waals surface area contributed by atoms with Crippen molar-refractivity contribution in [1.29, 1.82) is 0 Å². The van der Waals surface area contributed by atoms with E-state index in [0.717, 1.165) is 66.6 Å². The summed E-state index contributed by atoms with van der Waals surface area (Å²) >= 11 is 0. The molecule has 0 amide bonds. The number of benzene rings is 2. The minimum absolute atomic E-state index is 0.00152. The lowest BCUT2D eigenvalue weighted by Crippen LogP contribution is -2.47. The Morgan fingerprint density at radius 1 is 0.889 bits per heavy atom. The number of hydrogen-bond donors (Lipinski definition) is 2. The van der Waals surface area contributed by atoms with Crippen LogP contribution in [0, 0.1) is 5.92 Å². The van der Waals surface area contributed by atoms with Crippen LogP contribution in [0.5, 0.6) is 0 Å². The fourth-order valence-corrected chi connectivity index (χ4v) is 5.76. The Morgan fingerprint density at radius 2 is 1.64 bits per heavy atom. The fourth-order valence-electron chi connectivity index (χ4n) is 5.76. The van der Waals surface area contributed by atoms with Crippen LogP contribution >= 0.6 is 0 Å². The molecule has 6 rings (SSSR count). The van der Waals surface area contributed by atoms with E-state index in [4.69, 9.17) is 0 Å². The number of anilines is 4. The van der Waals surface area contributed by atoms with E-state index in [1.807, 2.05) is 41.1 Å². The van der Waals surface area contributed by atoms with Crippen LogP contribution in [0.2, 0.25) is 0 Å². The monoisotopic (exact) mass is 482 g/mol. The molecule has 3 heterocycles. The number of piperazine rings is 1. The van der Waals surface area contributed by atoms with Crippen molar-refractivity contribution in [1.82, 2.24) is 14.5 Å². The molecule has 0 radical (unpaired) electrons. The highest BCUT2D eigenvalue weighted by Crippen LogP contribution is 2.34. The summed E-state index contributed by atoms with van der Waals surface area (Å²) in [5, 5.41) is 3.62. The summed E-state index contributed by atoms with van der Waals surface area (Å²) in [5.74, 6) is 1.62. The Kier molecular flexibility index (Phi) is 6.36. The second-order valence-electron chi connectivity index (χ2n) is 10.1. The van der Waals surface area contributed by atoms with E-state index >= 15 is 0 Å². The quantitative estimate of drug-likeness (QED) is 0.386. The minimum Gasteiger partial charge on any atom is -0.366 e. The van der Waals surface area contributed by atoms with Crippen molar-refractivity contribution in [2.24, 2.45) is 5.92 Å². The van der Waals surface area contributed by atoms with Crippen molar-refractivity contribution < 1.29 is 0 Å². The number of nitrogens with one attached hydrogen (secondary N) is 2. The Labute approximate surface area is 211 Å². The number of rotatable bonds is 6. The molecule has 2 N–H and O–H groups in total. The highest BCUT2D eigenvalue weighted by atomic mass is 16.1. The van der Waals surface area contributed by atoms with Gasteiger partial charge in [-0.2, -0.15) is 0 Å². The summed E-state index contributed by atoms with van der Waals surface area (Å²) in [7, 11) is 0. The van der Waals surface area contributed by atoms with Gasteiger partial charge in [-0.15, -0.1) is 0 Å². The summed E-state index contributed by atoms with van der Waals surface area (Å²) < 4.78 is 1.98. The smallest absolute Gasteiger partial charge is 0.326 e. The molecule has 4 aromatic rings. The van der Waals surface area contributed by atoms with Gasteiger partial charge < -0.3 is 20.1 Å². The number of H-pyrrole nitrogens is 1. The van der Waals surface area contributed by atoms with Gasteiger partial charge in [-0.05, 0) is 55.2 Å². The molecule has 0 bridgehead atoms. The highest BCUT2D eigenvalue weighted by Gasteiger charge is 2.23. The van der Waals surface area contributed by atoms with Crippen LogP contribution in [0.3, 0.4) is 0 Å². The summed E-state index contributed by atoms with van der Waals surface area (Å²) in [6, 6.07) is 20.7. The molecule has 1 saturated carbocycles. The topological polar surface area (TPSA) is 69.2 Å². The largest absolute Gasteiger partial charge is 0.366 e. The van der Waals surface area contributed by atoms with Gasteiger partial charge in [0.05, 0.1) is 22.4 Å². The number of aromatic amines is 1. The fraction of sp³-hybridized carbons (Fsp3) is 0.379. The predicted molar refractivity (Wildman–Crippen MR) is 148 cm³/mol. The van der Waals surface area contributed by atoms with Crippen molar-refractivity contribution in [3.63, 3.8) is 0 Å². The molecule has 2 aliphatic rings. The van der Waals surface area contributed by atoms with E-state index in [2.05, 4.69) is 55.4 Å². The molecule has 1 aliphatic heterocycles. The van der Waals surface area contributed by atoms with Crippen molar-refractivity contribution in [2.75, 3.05) is 41.3 Å². The first-order chi connectivity index (χ1) is 17.7. The van der Waals surface area contributed by atoms with Crippen LogP contribution in [-0.2, 0) is 6.54 Å². The third-order valence-electron chi connectivity index (χ3n) is 7.70. The van der Waals surface area contributed by atoms with Gasteiger partial charge in [0.15, 0.2) is 0 Å². The number of aromatic nitrogens is 3. The molecule has 1 saturated heterocycles. The maximum Gasteiger partial charge on any atom is 0.326 e. The molecule has 36 heavy (non-hydrogen) atoms. The summed E-state index contributed by atoms with van der Waals surface area (Å²) in [6.45, 7) is 4.40. The van der Waals surface area contributed by atoms with E-state index < -0.39 is 0 Å². The Hall–Kier alpha value is -3.74. The number of pyridine rings is 1. The van der Waals surface area contributed by atoms with Crippen LogP contribution in [-0.4, -0.2) is 40.7 Å². The molecule has 186 valence electrons. The molecule has 0 unspecified atom stereocenters. The number of para-hydroxylation sites is 1.